The zero-order valence-corrected chi connectivity index (χ0v) is 11.2. The molecule has 0 bridgehead atoms. The fourth-order valence-corrected chi connectivity index (χ4v) is 2.48. The van der Waals surface area contributed by atoms with E-state index < -0.39 is 12.0 Å². The zero-order chi connectivity index (χ0) is 14.8. The number of nitrogens with zero attached hydrogens (tertiary/aromatic N) is 2. The Morgan fingerprint density at radius 3 is 2.90 bits per heavy atom. The number of carbonyl (C=O) groups excluding carboxylic acids is 1. The summed E-state index contributed by atoms with van der Waals surface area (Å²) in [6.07, 6.45) is 1.62. The van der Waals surface area contributed by atoms with Gasteiger partial charge in [0.15, 0.2) is 6.04 Å². The number of fused-ring (bicyclic) bond motifs is 1. The van der Waals surface area contributed by atoms with Gasteiger partial charge in [0.25, 0.3) is 5.91 Å². The molecule has 1 aliphatic rings. The van der Waals surface area contributed by atoms with Gasteiger partial charge in [-0.3, -0.25) is 9.78 Å². The highest BCUT2D eigenvalue weighted by Gasteiger charge is 2.33. The van der Waals surface area contributed by atoms with E-state index in [1.165, 1.54) is 4.90 Å². The third-order valence-corrected chi connectivity index (χ3v) is 3.54. The summed E-state index contributed by atoms with van der Waals surface area (Å²) in [5.41, 5.74) is 1.00. The van der Waals surface area contributed by atoms with E-state index in [1.54, 1.807) is 24.4 Å². The number of benzene rings is 1. The SMILES string of the molecule is O=C(O)C1COCCN1C(=O)c1cccc2cccnc12. The van der Waals surface area contributed by atoms with Crippen molar-refractivity contribution in [3.63, 3.8) is 0 Å². The largest absolute Gasteiger partial charge is 0.480 e. The molecule has 1 saturated heterocycles. The highest BCUT2D eigenvalue weighted by atomic mass is 16.5. The molecule has 1 aliphatic heterocycles. The van der Waals surface area contributed by atoms with Crippen molar-refractivity contribution in [1.82, 2.24) is 9.88 Å². The molecule has 0 radical (unpaired) electrons. The van der Waals surface area contributed by atoms with Gasteiger partial charge in [0.05, 0.1) is 24.3 Å². The number of hydrogen-bond acceptors (Lipinski definition) is 4. The van der Waals surface area contributed by atoms with Gasteiger partial charge < -0.3 is 14.7 Å². The molecule has 1 fully saturated rings. The molecule has 1 amide bonds. The summed E-state index contributed by atoms with van der Waals surface area (Å²) in [6.45, 7) is 0.617. The van der Waals surface area contributed by atoms with Gasteiger partial charge in [-0.2, -0.15) is 0 Å². The number of morpholine rings is 1. The molecule has 0 saturated carbocycles. The topological polar surface area (TPSA) is 79.7 Å². The summed E-state index contributed by atoms with van der Waals surface area (Å²) in [6, 6.07) is 8.02. The fourth-order valence-electron chi connectivity index (χ4n) is 2.48. The number of carboxylic acids is 1. The first-order valence-corrected chi connectivity index (χ1v) is 6.64. The van der Waals surface area contributed by atoms with E-state index >= 15 is 0 Å². The van der Waals surface area contributed by atoms with E-state index in [9.17, 15) is 14.7 Å². The fraction of sp³-hybridized carbons (Fsp3) is 0.267. The van der Waals surface area contributed by atoms with Crippen LogP contribution in [0, 0.1) is 0 Å². The number of carbonyl (C=O) groups is 2. The second-order valence-corrected chi connectivity index (χ2v) is 4.81. The van der Waals surface area contributed by atoms with Crippen LogP contribution in [-0.4, -0.2) is 52.7 Å². The molecule has 1 N–H and O–H groups in total. The Balaban J connectivity index is 2.01. The molecule has 6 heteroatoms. The van der Waals surface area contributed by atoms with Crippen molar-refractivity contribution in [3.05, 3.63) is 42.1 Å². The van der Waals surface area contributed by atoms with E-state index in [0.29, 0.717) is 17.7 Å². The zero-order valence-electron chi connectivity index (χ0n) is 11.2. The maximum absolute atomic E-state index is 12.7. The third kappa shape index (κ3) is 2.45. The lowest BCUT2D eigenvalue weighted by molar-refractivity contribution is -0.147. The van der Waals surface area contributed by atoms with Crippen LogP contribution in [-0.2, 0) is 9.53 Å². The number of amides is 1. The molecule has 2 aromatic rings. The molecule has 108 valence electrons. The molecule has 6 nitrogen and oxygen atoms in total. The van der Waals surface area contributed by atoms with Crippen LogP contribution in [0.1, 0.15) is 10.4 Å². The van der Waals surface area contributed by atoms with Crippen LogP contribution in [0.4, 0.5) is 0 Å². The molecule has 0 spiro atoms. The van der Waals surface area contributed by atoms with E-state index in [2.05, 4.69) is 4.98 Å². The summed E-state index contributed by atoms with van der Waals surface area (Å²) < 4.78 is 5.16. The Morgan fingerprint density at radius 1 is 1.29 bits per heavy atom. The van der Waals surface area contributed by atoms with Crippen LogP contribution in [0.2, 0.25) is 0 Å². The summed E-state index contributed by atoms with van der Waals surface area (Å²) in [4.78, 5) is 29.6. The van der Waals surface area contributed by atoms with Gasteiger partial charge >= 0.3 is 5.97 Å². The Hall–Kier alpha value is -2.47. The van der Waals surface area contributed by atoms with Crippen LogP contribution in [0.15, 0.2) is 36.5 Å². The third-order valence-electron chi connectivity index (χ3n) is 3.54. The monoisotopic (exact) mass is 286 g/mol. The molecule has 0 aliphatic carbocycles. The lowest BCUT2D eigenvalue weighted by Gasteiger charge is -2.33. The molecule has 1 unspecified atom stereocenters. The van der Waals surface area contributed by atoms with Crippen LogP contribution < -0.4 is 0 Å². The van der Waals surface area contributed by atoms with E-state index in [-0.39, 0.29) is 19.1 Å². The standard InChI is InChI=1S/C15H14N2O4/c18-14(17-7-8-21-9-12(17)15(19)20)11-5-1-3-10-4-2-6-16-13(10)11/h1-6,12H,7-9H2,(H,19,20). The summed E-state index contributed by atoms with van der Waals surface area (Å²) in [7, 11) is 0. The van der Waals surface area contributed by atoms with Gasteiger partial charge in [0, 0.05) is 18.1 Å². The number of aromatic nitrogens is 1. The minimum absolute atomic E-state index is 0.0132. The Morgan fingerprint density at radius 2 is 2.10 bits per heavy atom. The number of ether oxygens (including phenoxy) is 1. The van der Waals surface area contributed by atoms with Crippen molar-refractivity contribution in [3.8, 4) is 0 Å². The number of carboxylic acid groups (broad SMARTS) is 1. The van der Waals surface area contributed by atoms with Crippen LogP contribution in [0.3, 0.4) is 0 Å². The Labute approximate surface area is 121 Å². The first-order valence-electron chi connectivity index (χ1n) is 6.64. The van der Waals surface area contributed by atoms with Crippen molar-refractivity contribution in [1.29, 1.82) is 0 Å². The molecule has 1 aromatic carbocycles. The molecule has 1 aromatic heterocycles. The minimum atomic E-state index is -1.06. The Kier molecular flexibility index (Phi) is 3.53. The van der Waals surface area contributed by atoms with Crippen molar-refractivity contribution in [2.24, 2.45) is 0 Å². The van der Waals surface area contributed by atoms with Crippen LogP contribution in [0.25, 0.3) is 10.9 Å². The predicted molar refractivity (Wildman–Crippen MR) is 75.0 cm³/mol. The maximum atomic E-state index is 12.7. The molecule has 1 atom stereocenters. The number of pyridine rings is 1. The normalized spacial score (nSPS) is 18.7. The summed E-state index contributed by atoms with van der Waals surface area (Å²) in [5.74, 6) is -1.38. The van der Waals surface area contributed by atoms with Gasteiger partial charge in [0.1, 0.15) is 0 Å². The molecule has 2 heterocycles. The highest BCUT2D eigenvalue weighted by Crippen LogP contribution is 2.20. The van der Waals surface area contributed by atoms with Crippen molar-refractivity contribution >= 4 is 22.8 Å². The van der Waals surface area contributed by atoms with Gasteiger partial charge in [0.2, 0.25) is 0 Å². The average molecular weight is 286 g/mol. The number of rotatable bonds is 2. The average Bonchev–Trinajstić information content (AvgIpc) is 2.53. The summed E-state index contributed by atoms with van der Waals surface area (Å²) >= 11 is 0. The van der Waals surface area contributed by atoms with Gasteiger partial charge in [-0.25, -0.2) is 4.79 Å². The van der Waals surface area contributed by atoms with E-state index in [4.69, 9.17) is 4.74 Å². The molecular formula is C15H14N2O4. The number of hydrogen-bond donors (Lipinski definition) is 1. The first kappa shape index (κ1) is 13.5. The predicted octanol–water partition coefficient (Wildman–Crippen LogP) is 1.16. The van der Waals surface area contributed by atoms with E-state index in [1.807, 2.05) is 12.1 Å². The number of aliphatic carboxylic acids is 1. The number of para-hydroxylation sites is 1. The summed E-state index contributed by atoms with van der Waals surface area (Å²) in [5, 5.41) is 10.1. The van der Waals surface area contributed by atoms with Crippen LogP contribution in [0.5, 0.6) is 0 Å². The molecular weight excluding hydrogens is 272 g/mol. The van der Waals surface area contributed by atoms with Crippen molar-refractivity contribution in [2.45, 2.75) is 6.04 Å². The van der Waals surface area contributed by atoms with Crippen molar-refractivity contribution in [2.75, 3.05) is 19.8 Å². The van der Waals surface area contributed by atoms with Gasteiger partial charge in [-0.1, -0.05) is 18.2 Å². The highest BCUT2D eigenvalue weighted by molar-refractivity contribution is 6.06. The van der Waals surface area contributed by atoms with Gasteiger partial charge in [-0.05, 0) is 12.1 Å². The van der Waals surface area contributed by atoms with Crippen LogP contribution >= 0.6 is 0 Å². The maximum Gasteiger partial charge on any atom is 0.328 e. The Bertz CT molecular complexity index is 696. The molecule has 3 rings (SSSR count). The second-order valence-electron chi connectivity index (χ2n) is 4.81. The second kappa shape index (κ2) is 5.49. The minimum Gasteiger partial charge on any atom is -0.480 e. The van der Waals surface area contributed by atoms with Crippen molar-refractivity contribution < 1.29 is 19.4 Å². The van der Waals surface area contributed by atoms with Gasteiger partial charge in [-0.15, -0.1) is 0 Å². The van der Waals surface area contributed by atoms with E-state index in [0.717, 1.165) is 5.39 Å². The smallest absolute Gasteiger partial charge is 0.328 e. The lowest BCUT2D eigenvalue weighted by atomic mass is 10.1. The lowest BCUT2D eigenvalue weighted by Crippen LogP contribution is -2.52. The first-order chi connectivity index (χ1) is 10.2. The quantitative estimate of drug-likeness (QED) is 0.896. The molecule has 21 heavy (non-hydrogen) atoms.